The summed E-state index contributed by atoms with van der Waals surface area (Å²) in [6.07, 6.45) is 1.21. The van der Waals surface area contributed by atoms with E-state index in [1.807, 2.05) is 69.3 Å². The SMILES string of the molecule is CCC(C)NC(=O)C(C)N(Cc1ccccc1C)C(=O)CCSc1ccc(Cl)cc1. The Hall–Kier alpha value is -1.98. The fourth-order valence-corrected chi connectivity index (χ4v) is 3.92. The van der Waals surface area contributed by atoms with Gasteiger partial charge in [-0.3, -0.25) is 9.59 Å². The molecule has 2 rings (SSSR count). The monoisotopic (exact) mass is 446 g/mol. The largest absolute Gasteiger partial charge is 0.352 e. The van der Waals surface area contributed by atoms with E-state index < -0.39 is 6.04 Å². The minimum Gasteiger partial charge on any atom is -0.352 e. The second-order valence-electron chi connectivity index (χ2n) is 7.49. The Morgan fingerprint density at radius 1 is 1.10 bits per heavy atom. The van der Waals surface area contributed by atoms with Crippen LogP contribution in [-0.4, -0.2) is 34.6 Å². The molecule has 0 bridgehead atoms. The quantitative estimate of drug-likeness (QED) is 0.493. The van der Waals surface area contributed by atoms with Crippen LogP contribution in [0.1, 0.15) is 44.7 Å². The van der Waals surface area contributed by atoms with Crippen LogP contribution in [0.3, 0.4) is 0 Å². The zero-order chi connectivity index (χ0) is 22.1. The molecule has 1 N–H and O–H groups in total. The highest BCUT2D eigenvalue weighted by atomic mass is 35.5. The molecule has 30 heavy (non-hydrogen) atoms. The second kappa shape index (κ2) is 12.0. The maximum atomic E-state index is 13.1. The first-order valence-corrected chi connectivity index (χ1v) is 11.7. The molecule has 2 amide bonds. The van der Waals surface area contributed by atoms with Gasteiger partial charge in [0.2, 0.25) is 11.8 Å². The van der Waals surface area contributed by atoms with Crippen LogP contribution in [0.4, 0.5) is 0 Å². The predicted octanol–water partition coefficient (Wildman–Crippen LogP) is 5.46. The Bertz CT molecular complexity index is 841. The van der Waals surface area contributed by atoms with Crippen LogP contribution in [0, 0.1) is 6.92 Å². The van der Waals surface area contributed by atoms with E-state index >= 15 is 0 Å². The van der Waals surface area contributed by atoms with Crippen LogP contribution < -0.4 is 5.32 Å². The topological polar surface area (TPSA) is 49.4 Å². The van der Waals surface area contributed by atoms with Crippen molar-refractivity contribution in [3.05, 3.63) is 64.7 Å². The molecule has 0 aromatic heterocycles. The molecule has 0 saturated heterocycles. The van der Waals surface area contributed by atoms with Crippen molar-refractivity contribution in [2.75, 3.05) is 5.75 Å². The molecule has 2 atom stereocenters. The van der Waals surface area contributed by atoms with Crippen LogP contribution in [-0.2, 0) is 16.1 Å². The van der Waals surface area contributed by atoms with Crippen molar-refractivity contribution in [1.29, 1.82) is 0 Å². The molecule has 2 aromatic rings. The van der Waals surface area contributed by atoms with Gasteiger partial charge < -0.3 is 10.2 Å². The summed E-state index contributed by atoms with van der Waals surface area (Å²) in [6.45, 7) is 8.26. The van der Waals surface area contributed by atoms with E-state index in [2.05, 4.69) is 5.32 Å². The average Bonchev–Trinajstić information content (AvgIpc) is 2.73. The first-order valence-electron chi connectivity index (χ1n) is 10.3. The van der Waals surface area contributed by atoms with Crippen molar-refractivity contribution in [3.63, 3.8) is 0 Å². The molecule has 0 aliphatic rings. The van der Waals surface area contributed by atoms with E-state index in [0.717, 1.165) is 22.4 Å². The van der Waals surface area contributed by atoms with Crippen molar-refractivity contribution < 1.29 is 9.59 Å². The lowest BCUT2D eigenvalue weighted by Gasteiger charge is -2.30. The van der Waals surface area contributed by atoms with Gasteiger partial charge in [0.1, 0.15) is 6.04 Å². The van der Waals surface area contributed by atoms with Crippen LogP contribution in [0.2, 0.25) is 5.02 Å². The number of carbonyl (C=O) groups excluding carboxylic acids is 2. The van der Waals surface area contributed by atoms with Crippen LogP contribution in [0.15, 0.2) is 53.4 Å². The maximum Gasteiger partial charge on any atom is 0.242 e. The number of carbonyl (C=O) groups is 2. The van der Waals surface area contributed by atoms with Crippen molar-refractivity contribution in [1.82, 2.24) is 10.2 Å². The smallest absolute Gasteiger partial charge is 0.242 e. The molecule has 4 nitrogen and oxygen atoms in total. The average molecular weight is 447 g/mol. The third-order valence-electron chi connectivity index (χ3n) is 5.17. The van der Waals surface area contributed by atoms with Gasteiger partial charge in [-0.2, -0.15) is 0 Å². The number of benzene rings is 2. The Kier molecular flexibility index (Phi) is 9.73. The summed E-state index contributed by atoms with van der Waals surface area (Å²) in [5.74, 6) is 0.507. The molecular formula is C24H31ClN2O2S. The molecule has 0 spiro atoms. The van der Waals surface area contributed by atoms with Gasteiger partial charge in [-0.25, -0.2) is 0 Å². The maximum absolute atomic E-state index is 13.1. The number of hydrogen-bond donors (Lipinski definition) is 1. The second-order valence-corrected chi connectivity index (χ2v) is 9.10. The minimum atomic E-state index is -0.536. The van der Waals surface area contributed by atoms with E-state index in [9.17, 15) is 9.59 Å². The third kappa shape index (κ3) is 7.37. The summed E-state index contributed by atoms with van der Waals surface area (Å²) >= 11 is 7.54. The van der Waals surface area contributed by atoms with Crippen molar-refractivity contribution >= 4 is 35.2 Å². The number of aryl methyl sites for hydroxylation is 1. The zero-order valence-electron chi connectivity index (χ0n) is 18.2. The highest BCUT2D eigenvalue weighted by molar-refractivity contribution is 7.99. The van der Waals surface area contributed by atoms with Gasteiger partial charge in [-0.1, -0.05) is 42.8 Å². The Morgan fingerprint density at radius 3 is 2.40 bits per heavy atom. The van der Waals surface area contributed by atoms with Crippen molar-refractivity contribution in [3.8, 4) is 0 Å². The molecule has 0 radical (unpaired) electrons. The lowest BCUT2D eigenvalue weighted by Crippen LogP contribution is -2.49. The lowest BCUT2D eigenvalue weighted by atomic mass is 10.1. The van der Waals surface area contributed by atoms with Gasteiger partial charge >= 0.3 is 0 Å². The van der Waals surface area contributed by atoms with E-state index in [0.29, 0.717) is 23.7 Å². The molecule has 0 aliphatic heterocycles. The number of thioether (sulfide) groups is 1. The molecule has 6 heteroatoms. The molecule has 0 fully saturated rings. The number of nitrogens with one attached hydrogen (secondary N) is 1. The number of nitrogens with zero attached hydrogens (tertiary/aromatic N) is 1. The third-order valence-corrected chi connectivity index (χ3v) is 6.43. The van der Waals surface area contributed by atoms with Gasteiger partial charge in [0, 0.05) is 34.7 Å². The van der Waals surface area contributed by atoms with Gasteiger partial charge in [0.15, 0.2) is 0 Å². The van der Waals surface area contributed by atoms with E-state index in [1.165, 1.54) is 0 Å². The van der Waals surface area contributed by atoms with Crippen LogP contribution >= 0.6 is 23.4 Å². The fraction of sp³-hybridized carbons (Fsp3) is 0.417. The summed E-state index contributed by atoms with van der Waals surface area (Å²) in [6, 6.07) is 15.1. The fourth-order valence-electron chi connectivity index (χ4n) is 2.95. The highest BCUT2D eigenvalue weighted by Gasteiger charge is 2.26. The Morgan fingerprint density at radius 2 is 1.77 bits per heavy atom. The minimum absolute atomic E-state index is 0.0217. The Balaban J connectivity index is 2.08. The summed E-state index contributed by atoms with van der Waals surface area (Å²) in [4.78, 5) is 28.6. The van der Waals surface area contributed by atoms with Crippen LogP contribution in [0.5, 0.6) is 0 Å². The molecular weight excluding hydrogens is 416 g/mol. The normalized spacial score (nSPS) is 12.8. The van der Waals surface area contributed by atoms with E-state index in [-0.39, 0.29) is 17.9 Å². The summed E-state index contributed by atoms with van der Waals surface area (Å²) in [7, 11) is 0. The van der Waals surface area contributed by atoms with Gasteiger partial charge in [-0.15, -0.1) is 11.8 Å². The van der Waals surface area contributed by atoms with Crippen LogP contribution in [0.25, 0.3) is 0 Å². The molecule has 0 heterocycles. The van der Waals surface area contributed by atoms with Gasteiger partial charge in [0.05, 0.1) is 0 Å². The number of rotatable bonds is 10. The molecule has 162 valence electrons. The first kappa shape index (κ1) is 24.3. The standard InChI is InChI=1S/C24H31ClN2O2S/c1-5-18(3)26-24(29)19(4)27(16-20-9-7-6-8-17(20)2)23(28)14-15-30-22-12-10-21(25)11-13-22/h6-13,18-19H,5,14-16H2,1-4H3,(H,26,29). The summed E-state index contributed by atoms with van der Waals surface area (Å²) in [5, 5.41) is 3.70. The van der Waals surface area contributed by atoms with Crippen molar-refractivity contribution in [2.45, 2.75) is 64.1 Å². The number of amides is 2. The predicted molar refractivity (Wildman–Crippen MR) is 126 cm³/mol. The summed E-state index contributed by atoms with van der Waals surface area (Å²) in [5.41, 5.74) is 2.17. The van der Waals surface area contributed by atoms with Gasteiger partial charge in [-0.05, 0) is 62.6 Å². The molecule has 2 aromatic carbocycles. The zero-order valence-corrected chi connectivity index (χ0v) is 19.7. The lowest BCUT2D eigenvalue weighted by molar-refractivity contribution is -0.140. The van der Waals surface area contributed by atoms with Gasteiger partial charge in [0.25, 0.3) is 0 Å². The van der Waals surface area contributed by atoms with Crippen molar-refractivity contribution in [2.24, 2.45) is 0 Å². The number of hydrogen-bond acceptors (Lipinski definition) is 3. The van der Waals surface area contributed by atoms with E-state index in [4.69, 9.17) is 11.6 Å². The molecule has 0 aliphatic carbocycles. The molecule has 2 unspecified atom stereocenters. The highest BCUT2D eigenvalue weighted by Crippen LogP contribution is 2.22. The Labute approximate surface area is 189 Å². The van der Waals surface area contributed by atoms with E-state index in [1.54, 1.807) is 23.6 Å². The summed E-state index contributed by atoms with van der Waals surface area (Å²) < 4.78 is 0. The molecule has 0 saturated carbocycles. The first-order chi connectivity index (χ1) is 14.3. The number of halogens is 1.